The monoisotopic (exact) mass is 330 g/mol. The number of fused-ring (bicyclic) bond motifs is 1. The van der Waals surface area contributed by atoms with Gasteiger partial charge in [-0.1, -0.05) is 0 Å². The molecule has 8 nitrogen and oxygen atoms in total. The lowest BCUT2D eigenvalue weighted by atomic mass is 10.2. The first-order chi connectivity index (χ1) is 11.0. The van der Waals surface area contributed by atoms with E-state index < -0.39 is 4.92 Å². The molecule has 0 spiro atoms. The maximum absolute atomic E-state index is 12.0. The SMILES string of the molecule is O=C(NCc1cc2c(=O)[nH]cnc2s1)c1ccc([N+](=O)[O-])cc1. The summed E-state index contributed by atoms with van der Waals surface area (Å²) >= 11 is 1.32. The number of thiophene rings is 1. The molecular formula is C14H10N4O4S. The molecule has 2 aromatic heterocycles. The molecule has 0 aliphatic rings. The number of rotatable bonds is 4. The number of carbonyl (C=O) groups is 1. The summed E-state index contributed by atoms with van der Waals surface area (Å²) in [5.41, 5.74) is 0.0308. The van der Waals surface area contributed by atoms with Crippen LogP contribution in [-0.4, -0.2) is 20.8 Å². The molecule has 0 radical (unpaired) electrons. The topological polar surface area (TPSA) is 118 Å². The second-order valence-electron chi connectivity index (χ2n) is 4.65. The third-order valence-corrected chi connectivity index (χ3v) is 4.19. The van der Waals surface area contributed by atoms with Crippen LogP contribution in [-0.2, 0) is 6.54 Å². The fourth-order valence-electron chi connectivity index (χ4n) is 2.01. The van der Waals surface area contributed by atoms with Gasteiger partial charge in [-0.05, 0) is 18.2 Å². The molecule has 0 aliphatic heterocycles. The average molecular weight is 330 g/mol. The molecule has 2 N–H and O–H groups in total. The first-order valence-corrected chi connectivity index (χ1v) is 7.35. The molecule has 9 heteroatoms. The summed E-state index contributed by atoms with van der Waals surface area (Å²) in [6.07, 6.45) is 1.33. The number of nitro groups is 1. The van der Waals surface area contributed by atoms with Crippen molar-refractivity contribution in [1.29, 1.82) is 0 Å². The van der Waals surface area contributed by atoms with Gasteiger partial charge in [0, 0.05) is 22.6 Å². The molecule has 0 fully saturated rings. The van der Waals surface area contributed by atoms with E-state index in [-0.39, 0.29) is 23.7 Å². The van der Waals surface area contributed by atoms with Gasteiger partial charge in [0.1, 0.15) is 4.83 Å². The molecule has 1 aromatic carbocycles. The number of amides is 1. The van der Waals surface area contributed by atoms with Gasteiger partial charge in [-0.25, -0.2) is 4.98 Å². The molecule has 0 atom stereocenters. The molecule has 2 heterocycles. The van der Waals surface area contributed by atoms with E-state index in [9.17, 15) is 19.7 Å². The Bertz CT molecular complexity index is 945. The fraction of sp³-hybridized carbons (Fsp3) is 0.0714. The summed E-state index contributed by atoms with van der Waals surface area (Å²) in [5.74, 6) is -0.348. The summed E-state index contributed by atoms with van der Waals surface area (Å²) in [6, 6.07) is 7.02. The van der Waals surface area contributed by atoms with Crippen LogP contribution in [0.5, 0.6) is 0 Å². The van der Waals surface area contributed by atoms with Gasteiger partial charge in [-0.2, -0.15) is 0 Å². The van der Waals surface area contributed by atoms with Crippen LogP contribution in [0.1, 0.15) is 15.2 Å². The number of hydrogen-bond donors (Lipinski definition) is 2. The van der Waals surface area contributed by atoms with Crippen molar-refractivity contribution in [2.45, 2.75) is 6.54 Å². The predicted octanol–water partition coefficient (Wildman–Crippen LogP) is 1.82. The van der Waals surface area contributed by atoms with E-state index >= 15 is 0 Å². The predicted molar refractivity (Wildman–Crippen MR) is 84.5 cm³/mol. The zero-order valence-corrected chi connectivity index (χ0v) is 12.4. The van der Waals surface area contributed by atoms with Crippen molar-refractivity contribution < 1.29 is 9.72 Å². The zero-order chi connectivity index (χ0) is 16.4. The molecule has 0 saturated carbocycles. The number of nitrogens with one attached hydrogen (secondary N) is 2. The average Bonchev–Trinajstić information content (AvgIpc) is 2.97. The third-order valence-electron chi connectivity index (χ3n) is 3.15. The van der Waals surface area contributed by atoms with Crippen molar-refractivity contribution in [3.05, 3.63) is 67.6 Å². The van der Waals surface area contributed by atoms with Crippen LogP contribution < -0.4 is 10.9 Å². The molecular weight excluding hydrogens is 320 g/mol. The number of H-pyrrole nitrogens is 1. The van der Waals surface area contributed by atoms with Crippen LogP contribution in [0.2, 0.25) is 0 Å². The normalized spacial score (nSPS) is 10.6. The Morgan fingerprint density at radius 1 is 1.35 bits per heavy atom. The molecule has 1 amide bonds. The van der Waals surface area contributed by atoms with Crippen LogP contribution in [0.4, 0.5) is 5.69 Å². The summed E-state index contributed by atoms with van der Waals surface area (Å²) in [5, 5.41) is 13.8. The van der Waals surface area contributed by atoms with Crippen molar-refractivity contribution >= 4 is 33.1 Å². The molecule has 3 rings (SSSR count). The Morgan fingerprint density at radius 2 is 2.09 bits per heavy atom. The minimum Gasteiger partial charge on any atom is -0.347 e. The summed E-state index contributed by atoms with van der Waals surface area (Å²) in [7, 11) is 0. The number of aromatic amines is 1. The molecule has 23 heavy (non-hydrogen) atoms. The molecule has 0 saturated heterocycles. The second kappa shape index (κ2) is 5.97. The number of hydrogen-bond acceptors (Lipinski definition) is 6. The third kappa shape index (κ3) is 3.09. The van der Waals surface area contributed by atoms with Gasteiger partial charge in [0.2, 0.25) is 0 Å². The molecule has 0 bridgehead atoms. The maximum Gasteiger partial charge on any atom is 0.269 e. The van der Waals surface area contributed by atoms with Crippen LogP contribution in [0.15, 0.2) is 41.5 Å². The second-order valence-corrected chi connectivity index (χ2v) is 5.77. The van der Waals surface area contributed by atoms with Crippen molar-refractivity contribution in [2.24, 2.45) is 0 Å². The number of carbonyl (C=O) groups excluding carboxylic acids is 1. The van der Waals surface area contributed by atoms with Gasteiger partial charge in [0.25, 0.3) is 17.2 Å². The summed E-state index contributed by atoms with van der Waals surface area (Å²) < 4.78 is 0. The zero-order valence-electron chi connectivity index (χ0n) is 11.6. The van der Waals surface area contributed by atoms with Crippen LogP contribution in [0.25, 0.3) is 10.2 Å². The number of nitrogens with zero attached hydrogens (tertiary/aromatic N) is 2. The van der Waals surface area contributed by atoms with Crippen molar-refractivity contribution in [2.75, 3.05) is 0 Å². The Hall–Kier alpha value is -3.07. The number of non-ortho nitro benzene ring substituents is 1. The Labute approximate surface area is 133 Å². The molecule has 116 valence electrons. The van der Waals surface area contributed by atoms with Gasteiger partial charge >= 0.3 is 0 Å². The van der Waals surface area contributed by atoms with Crippen molar-refractivity contribution in [3.8, 4) is 0 Å². The lowest BCUT2D eigenvalue weighted by Crippen LogP contribution is -2.22. The lowest BCUT2D eigenvalue weighted by Gasteiger charge is -2.03. The van der Waals surface area contributed by atoms with Gasteiger partial charge < -0.3 is 10.3 Å². The minimum atomic E-state index is -0.524. The van der Waals surface area contributed by atoms with Crippen LogP contribution >= 0.6 is 11.3 Å². The highest BCUT2D eigenvalue weighted by atomic mass is 32.1. The number of benzene rings is 1. The molecule has 0 aliphatic carbocycles. The number of nitro benzene ring substituents is 1. The summed E-state index contributed by atoms with van der Waals surface area (Å²) in [6.45, 7) is 0.246. The highest BCUT2D eigenvalue weighted by Gasteiger charge is 2.11. The fourth-order valence-corrected chi connectivity index (χ4v) is 2.94. The first-order valence-electron chi connectivity index (χ1n) is 6.53. The number of aromatic nitrogens is 2. The van der Waals surface area contributed by atoms with E-state index in [0.717, 1.165) is 4.88 Å². The van der Waals surface area contributed by atoms with E-state index in [4.69, 9.17) is 0 Å². The van der Waals surface area contributed by atoms with E-state index in [2.05, 4.69) is 15.3 Å². The smallest absolute Gasteiger partial charge is 0.269 e. The van der Waals surface area contributed by atoms with Gasteiger partial charge in [-0.3, -0.25) is 19.7 Å². The quantitative estimate of drug-likeness (QED) is 0.559. The minimum absolute atomic E-state index is 0.0728. The Balaban J connectivity index is 1.71. The molecule has 0 unspecified atom stereocenters. The highest BCUT2D eigenvalue weighted by molar-refractivity contribution is 7.18. The first kappa shape index (κ1) is 14.9. The Morgan fingerprint density at radius 3 is 2.74 bits per heavy atom. The molecule has 3 aromatic rings. The standard InChI is InChI=1S/C14H10N4O4S/c19-12(8-1-3-9(4-2-8)18(21)22)15-6-10-5-11-13(20)16-7-17-14(11)23-10/h1-5,7H,6H2,(H,15,19)(H,16,17,20). The van der Waals surface area contributed by atoms with Gasteiger partial charge in [0.05, 0.1) is 23.2 Å². The van der Waals surface area contributed by atoms with Gasteiger partial charge in [0.15, 0.2) is 0 Å². The van der Waals surface area contributed by atoms with E-state index in [1.807, 2.05) is 0 Å². The van der Waals surface area contributed by atoms with Gasteiger partial charge in [-0.15, -0.1) is 11.3 Å². The van der Waals surface area contributed by atoms with E-state index in [1.165, 1.54) is 41.9 Å². The van der Waals surface area contributed by atoms with E-state index in [0.29, 0.717) is 15.8 Å². The van der Waals surface area contributed by atoms with Crippen LogP contribution in [0.3, 0.4) is 0 Å². The summed E-state index contributed by atoms with van der Waals surface area (Å²) in [4.78, 5) is 41.6. The Kier molecular flexibility index (Phi) is 3.85. The van der Waals surface area contributed by atoms with E-state index in [1.54, 1.807) is 6.07 Å². The largest absolute Gasteiger partial charge is 0.347 e. The van der Waals surface area contributed by atoms with Crippen molar-refractivity contribution in [1.82, 2.24) is 15.3 Å². The highest BCUT2D eigenvalue weighted by Crippen LogP contribution is 2.20. The maximum atomic E-state index is 12.0. The van der Waals surface area contributed by atoms with Crippen molar-refractivity contribution in [3.63, 3.8) is 0 Å². The van der Waals surface area contributed by atoms with Crippen LogP contribution in [0, 0.1) is 10.1 Å². The lowest BCUT2D eigenvalue weighted by molar-refractivity contribution is -0.384.